The van der Waals surface area contributed by atoms with Gasteiger partial charge in [0.2, 0.25) is 0 Å². The summed E-state index contributed by atoms with van der Waals surface area (Å²) >= 11 is 6.28. The van der Waals surface area contributed by atoms with Gasteiger partial charge >= 0.3 is 5.97 Å². The molecule has 0 aliphatic carbocycles. The van der Waals surface area contributed by atoms with Gasteiger partial charge in [-0.25, -0.2) is 4.98 Å². The maximum absolute atomic E-state index is 12.0. The Morgan fingerprint density at radius 2 is 1.83 bits per heavy atom. The lowest BCUT2D eigenvalue weighted by Gasteiger charge is -2.31. The van der Waals surface area contributed by atoms with Crippen LogP contribution in [0.15, 0.2) is 48.5 Å². The first-order valence-corrected chi connectivity index (χ1v) is 10.6. The summed E-state index contributed by atoms with van der Waals surface area (Å²) in [5.74, 6) is 1.54. The van der Waals surface area contributed by atoms with E-state index >= 15 is 0 Å². The van der Waals surface area contributed by atoms with Crippen molar-refractivity contribution in [2.75, 3.05) is 31.7 Å². The molecule has 0 atom stereocenters. The average Bonchev–Trinajstić information content (AvgIpc) is 2.78. The zero-order valence-electron chi connectivity index (χ0n) is 17.2. The van der Waals surface area contributed by atoms with Gasteiger partial charge in [-0.1, -0.05) is 23.7 Å². The SMILES string of the molecule is CCOC(=O)C1CCN(c2ccc3cc(-c4ccc(OC)c(Cl)c4)ccc3n2)CC1. The maximum Gasteiger partial charge on any atom is 0.309 e. The van der Waals surface area contributed by atoms with E-state index in [1.165, 1.54) is 0 Å². The van der Waals surface area contributed by atoms with Crippen LogP contribution >= 0.6 is 11.6 Å². The highest BCUT2D eigenvalue weighted by atomic mass is 35.5. The molecule has 1 aliphatic rings. The van der Waals surface area contributed by atoms with Crippen molar-refractivity contribution in [3.63, 3.8) is 0 Å². The fourth-order valence-corrected chi connectivity index (χ4v) is 4.18. The van der Waals surface area contributed by atoms with Gasteiger partial charge in [0.1, 0.15) is 11.6 Å². The highest BCUT2D eigenvalue weighted by Gasteiger charge is 2.26. The number of benzene rings is 2. The summed E-state index contributed by atoms with van der Waals surface area (Å²) in [6, 6.07) is 16.2. The van der Waals surface area contributed by atoms with Crippen LogP contribution in [0.25, 0.3) is 22.0 Å². The minimum atomic E-state index is -0.0743. The molecule has 0 radical (unpaired) electrons. The van der Waals surface area contributed by atoms with E-state index in [1.807, 2.05) is 31.2 Å². The number of hydrogen-bond donors (Lipinski definition) is 0. The summed E-state index contributed by atoms with van der Waals surface area (Å²) in [6.07, 6.45) is 1.60. The number of piperidine rings is 1. The van der Waals surface area contributed by atoms with Gasteiger partial charge in [0, 0.05) is 18.5 Å². The predicted octanol–water partition coefficient (Wildman–Crippen LogP) is 5.34. The van der Waals surface area contributed by atoms with Crippen LogP contribution in [-0.2, 0) is 9.53 Å². The van der Waals surface area contributed by atoms with Crippen LogP contribution < -0.4 is 9.64 Å². The number of nitrogens with zero attached hydrogens (tertiary/aromatic N) is 2. The standard InChI is InChI=1S/C24H25ClN2O3/c1-3-30-24(28)16-10-12-27(13-11-16)23-9-6-19-14-17(4-7-21(19)26-23)18-5-8-22(29-2)20(25)15-18/h4-9,14-16H,3,10-13H2,1-2H3. The average molecular weight is 425 g/mol. The number of ether oxygens (including phenoxy) is 2. The first-order valence-electron chi connectivity index (χ1n) is 10.3. The molecule has 5 nitrogen and oxygen atoms in total. The van der Waals surface area contributed by atoms with E-state index in [-0.39, 0.29) is 11.9 Å². The summed E-state index contributed by atoms with van der Waals surface area (Å²) < 4.78 is 10.4. The molecule has 1 fully saturated rings. The van der Waals surface area contributed by atoms with E-state index in [0.717, 1.165) is 53.8 Å². The molecule has 1 aliphatic heterocycles. The number of halogens is 1. The fourth-order valence-electron chi connectivity index (χ4n) is 3.92. The second kappa shape index (κ2) is 8.92. The molecule has 4 rings (SSSR count). The zero-order valence-corrected chi connectivity index (χ0v) is 18.0. The van der Waals surface area contributed by atoms with E-state index < -0.39 is 0 Å². The first kappa shape index (κ1) is 20.5. The van der Waals surface area contributed by atoms with Crippen molar-refractivity contribution in [2.24, 2.45) is 5.92 Å². The molecular formula is C24H25ClN2O3. The molecule has 0 unspecified atom stereocenters. The predicted molar refractivity (Wildman–Crippen MR) is 120 cm³/mol. The molecular weight excluding hydrogens is 400 g/mol. The number of anilines is 1. The van der Waals surface area contributed by atoms with Crippen molar-refractivity contribution in [1.29, 1.82) is 0 Å². The molecule has 2 aromatic carbocycles. The monoisotopic (exact) mass is 424 g/mol. The molecule has 6 heteroatoms. The quantitative estimate of drug-likeness (QED) is 0.517. The lowest BCUT2D eigenvalue weighted by Crippen LogP contribution is -2.37. The smallest absolute Gasteiger partial charge is 0.309 e. The lowest BCUT2D eigenvalue weighted by molar-refractivity contribution is -0.148. The highest BCUT2D eigenvalue weighted by Crippen LogP contribution is 2.32. The van der Waals surface area contributed by atoms with Gasteiger partial charge in [0.25, 0.3) is 0 Å². The second-order valence-corrected chi connectivity index (χ2v) is 7.85. The summed E-state index contributed by atoms with van der Waals surface area (Å²) in [7, 11) is 1.61. The van der Waals surface area contributed by atoms with Crippen LogP contribution in [0.4, 0.5) is 5.82 Å². The maximum atomic E-state index is 12.0. The number of rotatable bonds is 5. The third-order valence-corrected chi connectivity index (χ3v) is 5.89. The Morgan fingerprint density at radius 1 is 1.10 bits per heavy atom. The normalized spacial score (nSPS) is 14.7. The number of aromatic nitrogens is 1. The summed E-state index contributed by atoms with van der Waals surface area (Å²) in [4.78, 5) is 19.0. The van der Waals surface area contributed by atoms with Crippen LogP contribution in [0.3, 0.4) is 0 Å². The molecule has 0 saturated carbocycles. The van der Waals surface area contributed by atoms with Gasteiger partial charge in [-0.3, -0.25) is 4.79 Å². The number of hydrogen-bond acceptors (Lipinski definition) is 5. The van der Waals surface area contributed by atoms with Crippen LogP contribution in [0.2, 0.25) is 5.02 Å². The second-order valence-electron chi connectivity index (χ2n) is 7.44. The van der Waals surface area contributed by atoms with Gasteiger partial charge in [0.15, 0.2) is 0 Å². The van der Waals surface area contributed by atoms with Gasteiger partial charge in [-0.15, -0.1) is 0 Å². The molecule has 2 heterocycles. The van der Waals surface area contributed by atoms with Crippen molar-refractivity contribution in [1.82, 2.24) is 4.98 Å². The third kappa shape index (κ3) is 4.21. The lowest BCUT2D eigenvalue weighted by atomic mass is 9.97. The minimum absolute atomic E-state index is 0.000496. The number of esters is 1. The van der Waals surface area contributed by atoms with Crippen molar-refractivity contribution >= 4 is 34.3 Å². The topological polar surface area (TPSA) is 51.7 Å². The van der Waals surface area contributed by atoms with E-state index in [0.29, 0.717) is 17.4 Å². The Bertz CT molecular complexity index is 1060. The first-order chi connectivity index (χ1) is 14.6. The van der Waals surface area contributed by atoms with Crippen molar-refractivity contribution < 1.29 is 14.3 Å². The Balaban J connectivity index is 1.51. The Morgan fingerprint density at radius 3 is 2.53 bits per heavy atom. The zero-order chi connectivity index (χ0) is 21.1. The minimum Gasteiger partial charge on any atom is -0.495 e. The van der Waals surface area contributed by atoms with E-state index in [2.05, 4.69) is 29.2 Å². The molecule has 1 saturated heterocycles. The Labute approximate surface area is 181 Å². The van der Waals surface area contributed by atoms with Crippen molar-refractivity contribution in [3.8, 4) is 16.9 Å². The summed E-state index contributed by atoms with van der Waals surface area (Å²) in [6.45, 7) is 3.91. The molecule has 0 bridgehead atoms. The molecule has 156 valence electrons. The number of fused-ring (bicyclic) bond motifs is 1. The van der Waals surface area contributed by atoms with E-state index in [4.69, 9.17) is 26.1 Å². The molecule has 1 aromatic heterocycles. The van der Waals surface area contributed by atoms with Crippen molar-refractivity contribution in [3.05, 3.63) is 53.6 Å². The summed E-state index contributed by atoms with van der Waals surface area (Å²) in [5, 5.41) is 1.67. The van der Waals surface area contributed by atoms with E-state index in [9.17, 15) is 4.79 Å². The number of methoxy groups -OCH3 is 1. The largest absolute Gasteiger partial charge is 0.495 e. The molecule has 0 amide bonds. The fraction of sp³-hybridized carbons (Fsp3) is 0.333. The van der Waals surface area contributed by atoms with E-state index in [1.54, 1.807) is 7.11 Å². The number of carbonyl (C=O) groups excluding carboxylic acids is 1. The number of pyridine rings is 1. The molecule has 0 N–H and O–H groups in total. The van der Waals surface area contributed by atoms with Crippen LogP contribution in [0.1, 0.15) is 19.8 Å². The highest BCUT2D eigenvalue weighted by molar-refractivity contribution is 6.32. The Kier molecular flexibility index (Phi) is 6.09. The van der Waals surface area contributed by atoms with Crippen molar-refractivity contribution in [2.45, 2.75) is 19.8 Å². The molecule has 3 aromatic rings. The molecule has 0 spiro atoms. The van der Waals surface area contributed by atoms with Crippen LogP contribution in [0.5, 0.6) is 5.75 Å². The Hall–Kier alpha value is -2.79. The van der Waals surface area contributed by atoms with Gasteiger partial charge in [-0.05, 0) is 67.3 Å². The van der Waals surface area contributed by atoms with Gasteiger partial charge < -0.3 is 14.4 Å². The van der Waals surface area contributed by atoms with Crippen LogP contribution in [0, 0.1) is 5.92 Å². The van der Waals surface area contributed by atoms with Crippen LogP contribution in [-0.4, -0.2) is 37.8 Å². The summed E-state index contributed by atoms with van der Waals surface area (Å²) in [5.41, 5.74) is 3.06. The third-order valence-electron chi connectivity index (χ3n) is 5.60. The number of carbonyl (C=O) groups is 1. The van der Waals surface area contributed by atoms with Gasteiger partial charge in [-0.2, -0.15) is 0 Å². The molecule has 30 heavy (non-hydrogen) atoms. The van der Waals surface area contributed by atoms with Gasteiger partial charge in [0.05, 0.1) is 30.2 Å².